The largest absolute Gasteiger partial charge is 0.268 e. The van der Waals surface area contributed by atoms with Gasteiger partial charge in [0, 0.05) is 30.4 Å². The summed E-state index contributed by atoms with van der Waals surface area (Å²) in [6, 6.07) is 9.80. The first-order chi connectivity index (χ1) is 12.4. The molecule has 0 aliphatic heterocycles. The Kier molecular flexibility index (Phi) is 5.82. The van der Waals surface area contributed by atoms with E-state index in [2.05, 4.69) is 5.10 Å². The maximum absolute atomic E-state index is 13.6. The average molecular weight is 376 g/mol. The maximum atomic E-state index is 13.6. The fourth-order valence-corrected chi connectivity index (χ4v) is 5.58. The number of rotatable bonds is 6. The fraction of sp³-hybridized carbons (Fsp3) is 0.550. The normalized spacial score (nSPS) is 16.5. The number of sulfonamides is 1. The predicted molar refractivity (Wildman–Crippen MR) is 104 cm³/mol. The van der Waals surface area contributed by atoms with E-state index in [4.69, 9.17) is 0 Å². The van der Waals surface area contributed by atoms with Crippen LogP contribution in [-0.4, -0.2) is 35.1 Å². The molecule has 3 rings (SSSR count). The van der Waals surface area contributed by atoms with Crippen molar-refractivity contribution in [3.05, 3.63) is 36.5 Å². The average Bonchev–Trinajstić information content (AvgIpc) is 3.10. The van der Waals surface area contributed by atoms with Gasteiger partial charge in [0.05, 0.1) is 0 Å². The van der Waals surface area contributed by atoms with Gasteiger partial charge in [0.2, 0.25) is 10.0 Å². The molecule has 1 fully saturated rings. The van der Waals surface area contributed by atoms with Crippen LogP contribution in [0.2, 0.25) is 0 Å². The minimum absolute atomic E-state index is 0.102. The molecule has 1 aliphatic rings. The molecule has 26 heavy (non-hydrogen) atoms. The summed E-state index contributed by atoms with van der Waals surface area (Å²) in [5, 5.41) is 4.62. The van der Waals surface area contributed by atoms with Crippen LogP contribution in [0.25, 0.3) is 11.3 Å². The van der Waals surface area contributed by atoms with Gasteiger partial charge in [-0.15, -0.1) is 0 Å². The summed E-state index contributed by atoms with van der Waals surface area (Å²) >= 11 is 0. The SMILES string of the molecule is CCN(C1CCCCC1)S(=O)(=O)c1cn(C(C)C)nc1-c1ccccc1. The lowest BCUT2D eigenvalue weighted by atomic mass is 9.95. The van der Waals surface area contributed by atoms with Crippen molar-refractivity contribution in [1.82, 2.24) is 14.1 Å². The van der Waals surface area contributed by atoms with Gasteiger partial charge in [-0.1, -0.05) is 56.5 Å². The van der Waals surface area contributed by atoms with Gasteiger partial charge in [-0.2, -0.15) is 9.40 Å². The maximum Gasteiger partial charge on any atom is 0.247 e. The van der Waals surface area contributed by atoms with Crippen LogP contribution in [0, 0.1) is 0 Å². The summed E-state index contributed by atoms with van der Waals surface area (Å²) in [6.07, 6.45) is 7.02. The smallest absolute Gasteiger partial charge is 0.247 e. The van der Waals surface area contributed by atoms with Crippen LogP contribution in [0.15, 0.2) is 41.4 Å². The lowest BCUT2D eigenvalue weighted by Crippen LogP contribution is -2.41. The molecule has 1 saturated carbocycles. The Bertz CT molecular complexity index is 822. The highest BCUT2D eigenvalue weighted by Crippen LogP contribution is 2.33. The molecule has 2 aromatic rings. The monoisotopic (exact) mass is 375 g/mol. The molecule has 142 valence electrons. The highest BCUT2D eigenvalue weighted by Gasteiger charge is 2.34. The second kappa shape index (κ2) is 7.92. The zero-order chi connectivity index (χ0) is 18.7. The molecule has 0 saturated heterocycles. The third-order valence-electron chi connectivity index (χ3n) is 5.15. The number of nitrogens with zero attached hydrogens (tertiary/aromatic N) is 3. The van der Waals surface area contributed by atoms with Crippen LogP contribution in [0.1, 0.15) is 58.9 Å². The van der Waals surface area contributed by atoms with Gasteiger partial charge in [-0.25, -0.2) is 8.42 Å². The summed E-state index contributed by atoms with van der Waals surface area (Å²) in [6.45, 7) is 6.45. The molecule has 0 radical (unpaired) electrons. The Labute approximate surface area is 157 Å². The molecule has 0 bridgehead atoms. The van der Waals surface area contributed by atoms with Crippen LogP contribution in [0.3, 0.4) is 0 Å². The van der Waals surface area contributed by atoms with Gasteiger partial charge in [0.25, 0.3) is 0 Å². The number of hydrogen-bond donors (Lipinski definition) is 0. The highest BCUT2D eigenvalue weighted by molar-refractivity contribution is 7.89. The lowest BCUT2D eigenvalue weighted by Gasteiger charge is -2.32. The summed E-state index contributed by atoms with van der Waals surface area (Å²) < 4.78 is 30.6. The van der Waals surface area contributed by atoms with Crippen LogP contribution in [0.4, 0.5) is 0 Å². The van der Waals surface area contributed by atoms with Crippen molar-refractivity contribution < 1.29 is 8.42 Å². The minimum atomic E-state index is -3.59. The molecular weight excluding hydrogens is 346 g/mol. The summed E-state index contributed by atoms with van der Waals surface area (Å²) in [5.74, 6) is 0. The summed E-state index contributed by atoms with van der Waals surface area (Å²) in [7, 11) is -3.59. The Morgan fingerprint density at radius 2 is 1.81 bits per heavy atom. The lowest BCUT2D eigenvalue weighted by molar-refractivity contribution is 0.261. The van der Waals surface area contributed by atoms with Gasteiger partial charge in [0.1, 0.15) is 10.6 Å². The Hall–Kier alpha value is -1.66. The van der Waals surface area contributed by atoms with E-state index >= 15 is 0 Å². The van der Waals surface area contributed by atoms with Crippen molar-refractivity contribution in [2.24, 2.45) is 0 Å². The molecule has 6 heteroatoms. The summed E-state index contributed by atoms with van der Waals surface area (Å²) in [5.41, 5.74) is 1.39. The second-order valence-electron chi connectivity index (χ2n) is 7.28. The third-order valence-corrected chi connectivity index (χ3v) is 7.18. The molecule has 0 unspecified atom stereocenters. The minimum Gasteiger partial charge on any atom is -0.268 e. The van der Waals surface area contributed by atoms with Gasteiger partial charge in [-0.3, -0.25) is 4.68 Å². The number of benzene rings is 1. The topological polar surface area (TPSA) is 55.2 Å². The van der Waals surface area contributed by atoms with E-state index in [1.807, 2.05) is 51.1 Å². The van der Waals surface area contributed by atoms with Crippen LogP contribution < -0.4 is 0 Å². The van der Waals surface area contributed by atoms with Gasteiger partial charge < -0.3 is 0 Å². The predicted octanol–water partition coefficient (Wildman–Crippen LogP) is 4.47. The molecular formula is C20H29N3O2S. The van der Waals surface area contributed by atoms with E-state index in [9.17, 15) is 8.42 Å². The number of hydrogen-bond acceptors (Lipinski definition) is 3. The van der Waals surface area contributed by atoms with Crippen LogP contribution in [-0.2, 0) is 10.0 Å². The highest BCUT2D eigenvalue weighted by atomic mass is 32.2. The van der Waals surface area contributed by atoms with Crippen molar-refractivity contribution in [2.45, 2.75) is 69.9 Å². The molecule has 5 nitrogen and oxygen atoms in total. The van der Waals surface area contributed by atoms with Crippen molar-refractivity contribution in [3.63, 3.8) is 0 Å². The molecule has 1 aliphatic carbocycles. The van der Waals surface area contributed by atoms with Crippen molar-refractivity contribution in [2.75, 3.05) is 6.54 Å². The molecule has 1 aromatic carbocycles. The molecule has 0 amide bonds. The van der Waals surface area contributed by atoms with Crippen molar-refractivity contribution in [3.8, 4) is 11.3 Å². The van der Waals surface area contributed by atoms with Gasteiger partial charge >= 0.3 is 0 Å². The zero-order valence-electron chi connectivity index (χ0n) is 15.9. The fourth-order valence-electron chi connectivity index (χ4n) is 3.74. The first-order valence-corrected chi connectivity index (χ1v) is 11.1. The van der Waals surface area contributed by atoms with Gasteiger partial charge in [-0.05, 0) is 26.7 Å². The van der Waals surface area contributed by atoms with Gasteiger partial charge in [0.15, 0.2) is 0 Å². The van der Waals surface area contributed by atoms with E-state index in [0.29, 0.717) is 17.1 Å². The Balaban J connectivity index is 2.08. The molecule has 1 aromatic heterocycles. The van der Waals surface area contributed by atoms with E-state index in [-0.39, 0.29) is 12.1 Å². The van der Waals surface area contributed by atoms with E-state index < -0.39 is 10.0 Å². The van der Waals surface area contributed by atoms with E-state index in [1.54, 1.807) is 15.2 Å². The first-order valence-electron chi connectivity index (χ1n) is 9.61. The number of aromatic nitrogens is 2. The first kappa shape index (κ1) is 19.1. The van der Waals surface area contributed by atoms with E-state index in [1.165, 1.54) is 6.42 Å². The quantitative estimate of drug-likeness (QED) is 0.748. The van der Waals surface area contributed by atoms with E-state index in [0.717, 1.165) is 31.2 Å². The van der Waals surface area contributed by atoms with Crippen molar-refractivity contribution >= 4 is 10.0 Å². The summed E-state index contributed by atoms with van der Waals surface area (Å²) in [4.78, 5) is 0.324. The Morgan fingerprint density at radius 3 is 2.38 bits per heavy atom. The van der Waals surface area contributed by atoms with Crippen molar-refractivity contribution in [1.29, 1.82) is 0 Å². The second-order valence-corrected chi connectivity index (χ2v) is 9.14. The molecule has 0 atom stereocenters. The molecule has 0 N–H and O–H groups in total. The third kappa shape index (κ3) is 3.71. The zero-order valence-corrected chi connectivity index (χ0v) is 16.7. The van der Waals surface area contributed by atoms with Crippen LogP contribution in [0.5, 0.6) is 0 Å². The van der Waals surface area contributed by atoms with Crippen LogP contribution >= 0.6 is 0 Å². The Morgan fingerprint density at radius 1 is 1.15 bits per heavy atom. The molecule has 1 heterocycles. The standard InChI is InChI=1S/C20H29N3O2S/c1-4-23(18-13-9-6-10-14-18)26(24,25)19-15-22(16(2)3)21-20(19)17-11-7-5-8-12-17/h5,7-8,11-12,15-16,18H,4,6,9-10,13-14H2,1-3H3. The molecule has 0 spiro atoms.